The van der Waals surface area contributed by atoms with Gasteiger partial charge in [-0.3, -0.25) is 4.79 Å². The summed E-state index contributed by atoms with van der Waals surface area (Å²) < 4.78 is 11.3. The minimum absolute atomic E-state index is 0.134. The van der Waals surface area contributed by atoms with E-state index >= 15 is 0 Å². The molecule has 0 aliphatic carbocycles. The molecule has 0 saturated carbocycles. The van der Waals surface area contributed by atoms with E-state index < -0.39 is 11.8 Å². The molecule has 1 heterocycles. The Morgan fingerprint density at radius 1 is 1.16 bits per heavy atom. The molecule has 0 amide bonds. The normalized spacial score (nSPS) is 16.6. The third-order valence-electron chi connectivity index (χ3n) is 2.97. The molecule has 1 aliphatic heterocycles. The Kier molecular flexibility index (Phi) is 3.22. The summed E-state index contributed by atoms with van der Waals surface area (Å²) in [5.74, 6) is -1.45. The third-order valence-corrected chi connectivity index (χ3v) is 2.97. The zero-order valence-electron chi connectivity index (χ0n) is 11.1. The first-order valence-corrected chi connectivity index (χ1v) is 5.98. The minimum atomic E-state index is -1.47. The van der Waals surface area contributed by atoms with E-state index in [1.165, 1.54) is 6.07 Å². The summed E-state index contributed by atoms with van der Waals surface area (Å²) in [6.45, 7) is 6.65. The molecule has 0 atom stereocenters. The van der Waals surface area contributed by atoms with Crippen LogP contribution in [-0.2, 0) is 4.79 Å². The van der Waals surface area contributed by atoms with Crippen LogP contribution in [0.4, 0.5) is 0 Å². The molecule has 2 rings (SSSR count). The molecule has 0 radical (unpaired) electrons. The van der Waals surface area contributed by atoms with Gasteiger partial charge in [0.25, 0.3) is 5.78 Å². The van der Waals surface area contributed by atoms with Crippen molar-refractivity contribution in [1.29, 1.82) is 0 Å². The highest BCUT2D eigenvalue weighted by Crippen LogP contribution is 2.36. The molecule has 5 nitrogen and oxygen atoms in total. The van der Waals surface area contributed by atoms with Gasteiger partial charge in [-0.1, -0.05) is 13.8 Å². The van der Waals surface area contributed by atoms with Crippen molar-refractivity contribution in [1.82, 2.24) is 0 Å². The van der Waals surface area contributed by atoms with Crippen LogP contribution >= 0.6 is 0 Å². The maximum Gasteiger partial charge on any atom is 0.377 e. The molecule has 0 fully saturated rings. The number of carboxylic acids is 1. The lowest BCUT2D eigenvalue weighted by Crippen LogP contribution is -2.26. The van der Waals surface area contributed by atoms with E-state index in [-0.39, 0.29) is 11.0 Å². The molecule has 0 saturated heterocycles. The van der Waals surface area contributed by atoms with Gasteiger partial charge in [0.1, 0.15) is 0 Å². The Morgan fingerprint density at radius 2 is 1.68 bits per heavy atom. The van der Waals surface area contributed by atoms with Crippen molar-refractivity contribution in [2.45, 2.75) is 20.8 Å². The number of aryl methyl sites for hydroxylation is 1. The van der Waals surface area contributed by atoms with Crippen LogP contribution in [-0.4, -0.2) is 30.1 Å². The molecule has 0 spiro atoms. The number of Topliss-reactive ketones (excluding diaryl/α,β-unsaturated/α-hetero) is 1. The van der Waals surface area contributed by atoms with E-state index in [0.29, 0.717) is 30.3 Å². The molecule has 0 aromatic heterocycles. The molecular weight excluding hydrogens is 248 g/mol. The fourth-order valence-electron chi connectivity index (χ4n) is 1.83. The summed E-state index contributed by atoms with van der Waals surface area (Å²) in [5.41, 5.74) is 0.563. The average molecular weight is 264 g/mol. The summed E-state index contributed by atoms with van der Waals surface area (Å²) in [6, 6.07) is 3.09. The Labute approximate surface area is 111 Å². The summed E-state index contributed by atoms with van der Waals surface area (Å²) in [4.78, 5) is 22.3. The van der Waals surface area contributed by atoms with Crippen LogP contribution in [0.1, 0.15) is 29.8 Å². The second-order valence-corrected chi connectivity index (χ2v) is 5.49. The highest BCUT2D eigenvalue weighted by molar-refractivity contribution is 6.40. The van der Waals surface area contributed by atoms with E-state index in [1.807, 2.05) is 13.8 Å². The highest BCUT2D eigenvalue weighted by atomic mass is 16.5. The van der Waals surface area contributed by atoms with Crippen LogP contribution in [0, 0.1) is 12.3 Å². The lowest BCUT2D eigenvalue weighted by molar-refractivity contribution is -0.131. The molecule has 1 aromatic carbocycles. The predicted octanol–water partition coefficient (Wildman–Crippen LogP) is 2.06. The monoisotopic (exact) mass is 264 g/mol. The number of rotatable bonds is 2. The van der Waals surface area contributed by atoms with Gasteiger partial charge < -0.3 is 14.6 Å². The molecule has 19 heavy (non-hydrogen) atoms. The average Bonchev–Trinajstić information content (AvgIpc) is 2.47. The summed E-state index contributed by atoms with van der Waals surface area (Å²) in [5, 5.41) is 8.78. The Balaban J connectivity index is 2.42. The van der Waals surface area contributed by atoms with Gasteiger partial charge in [-0.05, 0) is 24.6 Å². The number of hydrogen-bond donors (Lipinski definition) is 1. The zero-order valence-corrected chi connectivity index (χ0v) is 11.1. The molecular formula is C14H16O5. The van der Waals surface area contributed by atoms with Crippen LogP contribution in [0.5, 0.6) is 11.5 Å². The first-order valence-electron chi connectivity index (χ1n) is 5.98. The number of carbonyl (C=O) groups is 2. The van der Waals surface area contributed by atoms with Crippen LogP contribution in [0.15, 0.2) is 12.1 Å². The second kappa shape index (κ2) is 4.57. The number of ether oxygens (including phenoxy) is 2. The fourth-order valence-corrected chi connectivity index (χ4v) is 1.83. The Morgan fingerprint density at radius 3 is 2.21 bits per heavy atom. The second-order valence-electron chi connectivity index (χ2n) is 5.49. The SMILES string of the molecule is Cc1cc2c(cc1C(=O)C(=O)O)OCC(C)(C)CO2. The first kappa shape index (κ1) is 13.4. The number of ketones is 1. The van der Waals surface area contributed by atoms with Gasteiger partial charge in [0.2, 0.25) is 0 Å². The van der Waals surface area contributed by atoms with Gasteiger partial charge in [0.05, 0.1) is 13.2 Å². The Bertz CT molecular complexity index is 545. The maximum atomic E-state index is 11.6. The summed E-state index contributed by atoms with van der Waals surface area (Å²) >= 11 is 0. The number of carbonyl (C=O) groups excluding carboxylic acids is 1. The summed E-state index contributed by atoms with van der Waals surface area (Å²) in [6.07, 6.45) is 0. The predicted molar refractivity (Wildman–Crippen MR) is 67.9 cm³/mol. The van der Waals surface area contributed by atoms with Gasteiger partial charge in [0, 0.05) is 11.0 Å². The van der Waals surface area contributed by atoms with Gasteiger partial charge in [-0.2, -0.15) is 0 Å². The number of hydrogen-bond acceptors (Lipinski definition) is 4. The number of carboxylic acid groups (broad SMARTS) is 1. The van der Waals surface area contributed by atoms with Gasteiger partial charge in [-0.15, -0.1) is 0 Å². The topological polar surface area (TPSA) is 72.8 Å². The van der Waals surface area contributed by atoms with E-state index in [4.69, 9.17) is 14.6 Å². The van der Waals surface area contributed by atoms with Gasteiger partial charge >= 0.3 is 5.97 Å². The molecule has 102 valence electrons. The number of aliphatic carboxylic acids is 1. The molecule has 1 aromatic rings. The standard InChI is InChI=1S/C14H16O5/c1-8-4-10-11(5-9(8)12(15)13(16)17)19-7-14(2,3)6-18-10/h4-5H,6-7H2,1-3H3,(H,16,17). The number of fused-ring (bicyclic) bond motifs is 1. The van der Waals surface area contributed by atoms with E-state index in [9.17, 15) is 9.59 Å². The van der Waals surface area contributed by atoms with Crippen molar-refractivity contribution < 1.29 is 24.2 Å². The van der Waals surface area contributed by atoms with Gasteiger partial charge in [-0.25, -0.2) is 4.79 Å². The van der Waals surface area contributed by atoms with Crippen LogP contribution < -0.4 is 9.47 Å². The van der Waals surface area contributed by atoms with Crippen molar-refractivity contribution >= 4 is 11.8 Å². The molecule has 1 N–H and O–H groups in total. The lowest BCUT2D eigenvalue weighted by Gasteiger charge is -2.19. The maximum absolute atomic E-state index is 11.6. The van der Waals surface area contributed by atoms with Crippen LogP contribution in [0.3, 0.4) is 0 Å². The Hall–Kier alpha value is -2.04. The van der Waals surface area contributed by atoms with Crippen molar-refractivity contribution in [3.63, 3.8) is 0 Å². The minimum Gasteiger partial charge on any atom is -0.489 e. The zero-order chi connectivity index (χ0) is 14.2. The summed E-state index contributed by atoms with van der Waals surface area (Å²) in [7, 11) is 0. The fraction of sp³-hybridized carbons (Fsp3) is 0.429. The van der Waals surface area contributed by atoms with E-state index in [2.05, 4.69) is 0 Å². The van der Waals surface area contributed by atoms with E-state index in [1.54, 1.807) is 13.0 Å². The lowest BCUT2D eigenvalue weighted by atomic mass is 9.97. The van der Waals surface area contributed by atoms with Crippen molar-refractivity contribution in [2.24, 2.45) is 5.41 Å². The quantitative estimate of drug-likeness (QED) is 0.653. The van der Waals surface area contributed by atoms with Crippen molar-refractivity contribution in [3.05, 3.63) is 23.3 Å². The molecule has 5 heteroatoms. The molecule has 1 aliphatic rings. The van der Waals surface area contributed by atoms with Gasteiger partial charge in [0.15, 0.2) is 11.5 Å². The molecule has 0 bridgehead atoms. The smallest absolute Gasteiger partial charge is 0.377 e. The highest BCUT2D eigenvalue weighted by Gasteiger charge is 2.27. The first-order chi connectivity index (χ1) is 8.80. The van der Waals surface area contributed by atoms with Crippen LogP contribution in [0.2, 0.25) is 0 Å². The van der Waals surface area contributed by atoms with Crippen molar-refractivity contribution in [2.75, 3.05) is 13.2 Å². The van der Waals surface area contributed by atoms with E-state index in [0.717, 1.165) is 0 Å². The van der Waals surface area contributed by atoms with Crippen molar-refractivity contribution in [3.8, 4) is 11.5 Å². The molecule has 0 unspecified atom stereocenters. The third kappa shape index (κ3) is 2.70. The van der Waals surface area contributed by atoms with Crippen LogP contribution in [0.25, 0.3) is 0 Å². The largest absolute Gasteiger partial charge is 0.489 e. The number of benzene rings is 1.